The number of aromatic nitrogens is 3. The molecule has 12 nitrogen and oxygen atoms in total. The quantitative estimate of drug-likeness (QED) is 0.107. The Balaban J connectivity index is 0.000000208. The smallest absolute Gasteiger partial charge is 0.145 e. The summed E-state index contributed by atoms with van der Waals surface area (Å²) in [5.41, 5.74) is 9.35. The van der Waals surface area contributed by atoms with Crippen molar-refractivity contribution in [3.8, 4) is 22.5 Å². The van der Waals surface area contributed by atoms with Crippen LogP contribution in [0.4, 0.5) is 0 Å². The lowest BCUT2D eigenvalue weighted by atomic mass is 10.1. The van der Waals surface area contributed by atoms with Gasteiger partial charge in [0.25, 0.3) is 0 Å². The van der Waals surface area contributed by atoms with E-state index in [4.69, 9.17) is 0 Å². The summed E-state index contributed by atoms with van der Waals surface area (Å²) >= 11 is 1.70. The maximum absolute atomic E-state index is 12.1. The number of carbonyl (C=O) groups is 5. The molecule has 6 rings (SSSR count). The molecule has 3 aromatic carbocycles. The summed E-state index contributed by atoms with van der Waals surface area (Å²) < 4.78 is 3.41. The lowest BCUT2D eigenvalue weighted by molar-refractivity contribution is -0.307. The number of carbonyl (C=O) groups excluding carboxylic acids is 5. The van der Waals surface area contributed by atoms with Crippen molar-refractivity contribution < 1.29 is 44.4 Å². The monoisotopic (exact) mass is 869 g/mol. The first-order valence-electron chi connectivity index (χ1n) is 20.6. The SMILES string of the molecule is C[C@H](SCc1ccccc1)C(=O)CCc1ccccn1.Cc1ccc(-c2ccc(CCC(=O)[O-])n2CC(=O)[O-])cc1.Cc1ccc(-c2ccc(CCC(=O)[O-])n2CCC(=O)[O-])cc1. The molecule has 0 saturated heterocycles. The van der Waals surface area contributed by atoms with Crippen molar-refractivity contribution >= 4 is 41.4 Å². The summed E-state index contributed by atoms with van der Waals surface area (Å²) in [6.45, 7) is 5.90. The first kappa shape index (κ1) is 48.9. The van der Waals surface area contributed by atoms with Crippen LogP contribution >= 0.6 is 11.8 Å². The zero-order valence-electron chi connectivity index (χ0n) is 35.7. The summed E-state index contributed by atoms with van der Waals surface area (Å²) in [6.07, 6.45) is 3.24. The second-order valence-corrected chi connectivity index (χ2v) is 16.2. The average Bonchev–Trinajstić information content (AvgIpc) is 3.87. The van der Waals surface area contributed by atoms with Gasteiger partial charge in [0.05, 0.1) is 17.8 Å². The van der Waals surface area contributed by atoms with E-state index in [1.807, 2.05) is 122 Å². The second-order valence-electron chi connectivity index (χ2n) is 14.9. The number of nitrogens with zero attached hydrogens (tertiary/aromatic N) is 3. The molecule has 0 fully saturated rings. The average molecular weight is 870 g/mol. The fourth-order valence-electron chi connectivity index (χ4n) is 6.54. The molecule has 0 saturated carbocycles. The zero-order valence-corrected chi connectivity index (χ0v) is 36.5. The molecule has 63 heavy (non-hydrogen) atoms. The molecule has 6 aromatic rings. The number of hydrogen-bond acceptors (Lipinski definition) is 11. The Bertz CT molecular complexity index is 2390. The number of rotatable bonds is 20. The van der Waals surface area contributed by atoms with Crippen molar-refractivity contribution in [3.05, 3.63) is 161 Å². The van der Waals surface area contributed by atoms with E-state index < -0.39 is 23.9 Å². The van der Waals surface area contributed by atoms with Gasteiger partial charge in [-0.25, -0.2) is 0 Å². The Morgan fingerprint density at radius 3 is 1.56 bits per heavy atom. The van der Waals surface area contributed by atoms with E-state index in [-0.39, 0.29) is 44.0 Å². The highest BCUT2D eigenvalue weighted by Gasteiger charge is 2.14. The zero-order chi connectivity index (χ0) is 45.7. The second kappa shape index (κ2) is 25.3. The van der Waals surface area contributed by atoms with Gasteiger partial charge in [-0.1, -0.05) is 96.1 Å². The highest BCUT2D eigenvalue weighted by atomic mass is 32.2. The summed E-state index contributed by atoms with van der Waals surface area (Å²) in [7, 11) is 0. The highest BCUT2D eigenvalue weighted by molar-refractivity contribution is 7.99. The normalized spacial score (nSPS) is 11.0. The summed E-state index contributed by atoms with van der Waals surface area (Å²) in [6, 6.07) is 38.9. The molecular formula is C50H51N3O9S-4. The number of thioether (sulfide) groups is 1. The predicted octanol–water partition coefficient (Wildman–Crippen LogP) is 4.09. The van der Waals surface area contributed by atoms with E-state index in [1.165, 1.54) is 5.56 Å². The third-order valence-corrected chi connectivity index (χ3v) is 11.2. The van der Waals surface area contributed by atoms with Crippen LogP contribution in [0.25, 0.3) is 22.5 Å². The van der Waals surface area contributed by atoms with Crippen LogP contribution in [0.1, 0.15) is 66.4 Å². The molecule has 330 valence electrons. The molecule has 0 radical (unpaired) electrons. The molecule has 3 aromatic heterocycles. The number of carboxylic acid groups (broad SMARTS) is 4. The van der Waals surface area contributed by atoms with Crippen LogP contribution in [0, 0.1) is 13.8 Å². The molecule has 3 heterocycles. The molecule has 13 heteroatoms. The fourth-order valence-corrected chi connectivity index (χ4v) is 7.48. The Kier molecular flexibility index (Phi) is 19.6. The van der Waals surface area contributed by atoms with Crippen molar-refractivity contribution in [1.82, 2.24) is 14.1 Å². The summed E-state index contributed by atoms with van der Waals surface area (Å²) in [5.74, 6) is -3.44. The van der Waals surface area contributed by atoms with Gasteiger partial charge in [-0.15, -0.1) is 11.8 Å². The number of carboxylic acids is 4. The number of hydrogen-bond donors (Lipinski definition) is 0. The highest BCUT2D eigenvalue weighted by Crippen LogP contribution is 2.26. The van der Waals surface area contributed by atoms with Gasteiger partial charge in [-0.3, -0.25) is 9.78 Å². The molecule has 0 amide bonds. The van der Waals surface area contributed by atoms with Crippen LogP contribution in [0.5, 0.6) is 0 Å². The molecule has 1 atom stereocenters. The van der Waals surface area contributed by atoms with Gasteiger partial charge in [-0.2, -0.15) is 0 Å². The maximum atomic E-state index is 12.1. The van der Waals surface area contributed by atoms with Crippen molar-refractivity contribution in [1.29, 1.82) is 0 Å². The third kappa shape index (κ3) is 16.9. The summed E-state index contributed by atoms with van der Waals surface area (Å²) in [4.78, 5) is 59.2. The summed E-state index contributed by atoms with van der Waals surface area (Å²) in [5, 5.41) is 42.9. The van der Waals surface area contributed by atoms with Gasteiger partial charge in [-0.05, 0) is 106 Å². The third-order valence-electron chi connectivity index (χ3n) is 9.98. The van der Waals surface area contributed by atoms with Crippen LogP contribution in [-0.2, 0) is 62.1 Å². The van der Waals surface area contributed by atoms with Gasteiger partial charge in [0.1, 0.15) is 5.78 Å². The van der Waals surface area contributed by atoms with Gasteiger partial charge < -0.3 is 48.7 Å². The molecular weight excluding hydrogens is 819 g/mol. The van der Waals surface area contributed by atoms with Crippen molar-refractivity contribution in [2.45, 2.75) is 89.8 Å². The van der Waals surface area contributed by atoms with E-state index in [9.17, 15) is 44.4 Å². The Morgan fingerprint density at radius 1 is 0.556 bits per heavy atom. The number of Topliss-reactive ketones (excluding diaryl/α,β-unsaturated/α-hetero) is 1. The first-order chi connectivity index (χ1) is 30.2. The minimum atomic E-state index is -1.21. The number of aliphatic carboxylic acids is 4. The van der Waals surface area contributed by atoms with E-state index in [2.05, 4.69) is 17.1 Å². The Morgan fingerprint density at radius 2 is 1.06 bits per heavy atom. The Hall–Kier alpha value is -6.73. The van der Waals surface area contributed by atoms with Gasteiger partial charge >= 0.3 is 0 Å². The standard InChI is InChI=1S/C17H19NO4.C17H19NOS.C16H17NO4/c1-12-2-4-13(5-3-12)15-8-6-14(7-9-16(19)20)18(15)11-10-17(21)22;1-14(20-13-15-7-3-2-4-8-15)17(19)11-10-16-9-5-6-12-18-16;1-11-2-4-12(5-3-11)14-8-6-13(7-9-15(18)19)17(14)10-16(20)21/h2-6,8H,7,9-11H2,1H3,(H,19,20)(H,21,22);2-9,12,14H,10-11,13H2,1H3;2-6,8H,7,9-10H2,1H3,(H,18,19)(H,20,21)/p-4/t;14-;/m.0./s1. The molecule has 0 aliphatic rings. The predicted molar refractivity (Wildman–Crippen MR) is 235 cm³/mol. The van der Waals surface area contributed by atoms with Crippen molar-refractivity contribution in [2.75, 3.05) is 0 Å². The van der Waals surface area contributed by atoms with E-state index in [0.717, 1.165) is 57.2 Å². The number of pyridine rings is 1. The van der Waals surface area contributed by atoms with Gasteiger partial charge in [0.15, 0.2) is 0 Å². The molecule has 0 aliphatic carbocycles. The topological polar surface area (TPSA) is 200 Å². The van der Waals surface area contributed by atoms with Crippen LogP contribution in [-0.4, -0.2) is 49.0 Å². The van der Waals surface area contributed by atoms with Crippen LogP contribution in [0.15, 0.2) is 128 Å². The van der Waals surface area contributed by atoms with Crippen LogP contribution < -0.4 is 20.4 Å². The van der Waals surface area contributed by atoms with E-state index in [1.54, 1.807) is 34.7 Å². The van der Waals surface area contributed by atoms with E-state index >= 15 is 0 Å². The fraction of sp³-hybridized carbons (Fsp3) is 0.280. The first-order valence-corrected chi connectivity index (χ1v) is 21.6. The van der Waals surface area contributed by atoms with Crippen LogP contribution in [0.2, 0.25) is 0 Å². The minimum absolute atomic E-state index is 0.0407. The maximum Gasteiger partial charge on any atom is 0.145 e. The van der Waals surface area contributed by atoms with Gasteiger partial charge in [0.2, 0.25) is 0 Å². The number of aryl methyl sites for hydroxylation is 5. The number of ketones is 1. The van der Waals surface area contributed by atoms with Gasteiger partial charge in [0, 0.05) is 77.7 Å². The largest absolute Gasteiger partial charge is 0.550 e. The molecule has 0 aliphatic heterocycles. The lowest BCUT2D eigenvalue weighted by Crippen LogP contribution is -2.29. The molecule has 0 N–H and O–H groups in total. The molecule has 0 unspecified atom stereocenters. The van der Waals surface area contributed by atoms with Crippen molar-refractivity contribution in [3.63, 3.8) is 0 Å². The van der Waals surface area contributed by atoms with Crippen LogP contribution in [0.3, 0.4) is 0 Å². The molecule has 0 bridgehead atoms. The molecule has 0 spiro atoms. The lowest BCUT2D eigenvalue weighted by Gasteiger charge is -2.15. The van der Waals surface area contributed by atoms with E-state index in [0.29, 0.717) is 24.3 Å². The minimum Gasteiger partial charge on any atom is -0.550 e. The Labute approximate surface area is 372 Å². The number of benzene rings is 3. The van der Waals surface area contributed by atoms with Crippen molar-refractivity contribution in [2.24, 2.45) is 0 Å².